The fraction of sp³-hybridized carbons (Fsp3) is 0.125. The fourth-order valence-corrected chi connectivity index (χ4v) is 1.09. The van der Waals surface area contributed by atoms with Crippen LogP contribution in [-0.2, 0) is 4.74 Å². The highest BCUT2D eigenvalue weighted by atomic mass is 35.5. The first kappa shape index (κ1) is 10.5. The van der Waals surface area contributed by atoms with Crippen molar-refractivity contribution in [1.29, 1.82) is 0 Å². The minimum Gasteiger partial charge on any atom is -0.464 e. The van der Waals surface area contributed by atoms with E-state index in [-0.39, 0.29) is 16.8 Å². The largest absolute Gasteiger partial charge is 0.464 e. The Morgan fingerprint density at radius 3 is 2.79 bits per heavy atom. The zero-order valence-electron chi connectivity index (χ0n) is 7.45. The molecule has 0 aliphatic heterocycles. The van der Waals surface area contributed by atoms with Crippen molar-refractivity contribution >= 4 is 29.5 Å². The maximum absolute atomic E-state index is 11.2. The Morgan fingerprint density at radius 2 is 2.29 bits per heavy atom. The topological polar surface area (TPSA) is 78.1 Å². The van der Waals surface area contributed by atoms with Crippen LogP contribution in [-0.4, -0.2) is 23.0 Å². The van der Waals surface area contributed by atoms with Gasteiger partial charge in [-0.1, -0.05) is 12.7 Å². The van der Waals surface area contributed by atoms with E-state index in [0.29, 0.717) is 5.56 Å². The number of hydrogen-bond acceptors (Lipinski definition) is 5. The maximum atomic E-state index is 11.2. The number of hydrogen-bond donors (Lipinski definition) is 1. The summed E-state index contributed by atoms with van der Waals surface area (Å²) in [7, 11) is 1.24. The Balaban J connectivity index is 3.39. The van der Waals surface area contributed by atoms with Crippen LogP contribution in [0.2, 0.25) is 5.28 Å². The van der Waals surface area contributed by atoms with Gasteiger partial charge in [-0.05, 0) is 11.6 Å². The number of aromatic nitrogens is 2. The number of nitrogens with two attached hydrogens (primary N) is 1. The minimum atomic E-state index is -0.629. The molecule has 0 aromatic carbocycles. The van der Waals surface area contributed by atoms with Crippen LogP contribution in [0.3, 0.4) is 0 Å². The van der Waals surface area contributed by atoms with Crippen LogP contribution in [0.1, 0.15) is 16.1 Å². The molecule has 0 unspecified atom stereocenters. The number of ether oxygens (including phenoxy) is 1. The summed E-state index contributed by atoms with van der Waals surface area (Å²) in [5.74, 6) is -0.531. The Morgan fingerprint density at radius 1 is 1.64 bits per heavy atom. The molecule has 74 valence electrons. The standard InChI is InChI=1S/C8H8ClN3O2/c1-3-4-5(7(13)14-2)11-8(9)12-6(4)10/h3H,1H2,2H3,(H2,10,11,12). The van der Waals surface area contributed by atoms with Gasteiger partial charge in [0, 0.05) is 5.56 Å². The monoisotopic (exact) mass is 213 g/mol. The number of carbonyl (C=O) groups is 1. The second kappa shape index (κ2) is 4.06. The van der Waals surface area contributed by atoms with Crippen LogP contribution in [0.25, 0.3) is 6.08 Å². The first-order valence-electron chi connectivity index (χ1n) is 3.64. The lowest BCUT2D eigenvalue weighted by Crippen LogP contribution is -2.10. The van der Waals surface area contributed by atoms with Crippen LogP contribution < -0.4 is 5.73 Å². The summed E-state index contributed by atoms with van der Waals surface area (Å²) in [5, 5.41) is -0.103. The normalized spacial score (nSPS) is 9.57. The van der Waals surface area contributed by atoms with E-state index >= 15 is 0 Å². The molecule has 0 atom stereocenters. The lowest BCUT2D eigenvalue weighted by molar-refractivity contribution is 0.0593. The van der Waals surface area contributed by atoms with Crippen molar-refractivity contribution in [1.82, 2.24) is 9.97 Å². The lowest BCUT2D eigenvalue weighted by atomic mass is 10.2. The van der Waals surface area contributed by atoms with Crippen molar-refractivity contribution in [3.63, 3.8) is 0 Å². The fourth-order valence-electron chi connectivity index (χ4n) is 0.912. The molecule has 1 aromatic rings. The summed E-state index contributed by atoms with van der Waals surface area (Å²) in [4.78, 5) is 18.6. The second-order valence-corrected chi connectivity index (χ2v) is 2.67. The second-order valence-electron chi connectivity index (χ2n) is 2.34. The molecule has 1 aromatic heterocycles. The molecule has 0 fully saturated rings. The number of methoxy groups -OCH3 is 1. The Labute approximate surface area is 85.6 Å². The summed E-state index contributed by atoms with van der Waals surface area (Å²) < 4.78 is 4.50. The van der Waals surface area contributed by atoms with E-state index in [0.717, 1.165) is 0 Å². The maximum Gasteiger partial charge on any atom is 0.357 e. The zero-order valence-corrected chi connectivity index (χ0v) is 8.21. The molecule has 0 saturated heterocycles. The van der Waals surface area contributed by atoms with Crippen LogP contribution >= 0.6 is 11.6 Å². The van der Waals surface area contributed by atoms with Gasteiger partial charge in [-0.3, -0.25) is 0 Å². The molecule has 0 amide bonds. The number of rotatable bonds is 2. The molecule has 0 radical (unpaired) electrons. The van der Waals surface area contributed by atoms with Crippen molar-refractivity contribution in [3.05, 3.63) is 23.1 Å². The molecule has 0 aliphatic carbocycles. The minimum absolute atomic E-state index is 0.0139. The molecular formula is C8H8ClN3O2. The predicted octanol–water partition coefficient (Wildman–Crippen LogP) is 1.14. The van der Waals surface area contributed by atoms with Gasteiger partial charge < -0.3 is 10.5 Å². The highest BCUT2D eigenvalue weighted by Gasteiger charge is 2.16. The number of anilines is 1. The SMILES string of the molecule is C=Cc1c(N)nc(Cl)nc1C(=O)OC. The molecule has 2 N–H and O–H groups in total. The van der Waals surface area contributed by atoms with Crippen molar-refractivity contribution in [2.24, 2.45) is 0 Å². The van der Waals surface area contributed by atoms with Gasteiger partial charge in [-0.15, -0.1) is 0 Å². The van der Waals surface area contributed by atoms with Crippen molar-refractivity contribution < 1.29 is 9.53 Å². The number of halogens is 1. The molecule has 0 bridgehead atoms. The summed E-state index contributed by atoms with van der Waals surface area (Å²) in [6, 6.07) is 0. The van der Waals surface area contributed by atoms with Gasteiger partial charge in [0.05, 0.1) is 7.11 Å². The third-order valence-corrected chi connectivity index (χ3v) is 1.70. The van der Waals surface area contributed by atoms with E-state index in [2.05, 4.69) is 21.3 Å². The molecule has 14 heavy (non-hydrogen) atoms. The van der Waals surface area contributed by atoms with Crippen LogP contribution in [0, 0.1) is 0 Å². The molecule has 1 rings (SSSR count). The predicted molar refractivity (Wildman–Crippen MR) is 52.9 cm³/mol. The van der Waals surface area contributed by atoms with E-state index in [1.807, 2.05) is 0 Å². The zero-order chi connectivity index (χ0) is 10.7. The average Bonchev–Trinajstić information content (AvgIpc) is 2.15. The first-order chi connectivity index (χ1) is 6.60. The quantitative estimate of drug-likeness (QED) is 0.589. The first-order valence-corrected chi connectivity index (χ1v) is 4.01. The molecular weight excluding hydrogens is 206 g/mol. The van der Waals surface area contributed by atoms with Crippen molar-refractivity contribution in [3.8, 4) is 0 Å². The van der Waals surface area contributed by atoms with Gasteiger partial charge in [-0.2, -0.15) is 0 Å². The van der Waals surface area contributed by atoms with Gasteiger partial charge in [0.15, 0.2) is 5.69 Å². The number of nitrogens with zero attached hydrogens (tertiary/aromatic N) is 2. The molecule has 1 heterocycles. The van der Waals surface area contributed by atoms with Crippen LogP contribution in [0.5, 0.6) is 0 Å². The Kier molecular flexibility index (Phi) is 3.03. The third kappa shape index (κ3) is 1.82. The summed E-state index contributed by atoms with van der Waals surface area (Å²) in [5.41, 5.74) is 5.85. The van der Waals surface area contributed by atoms with E-state index in [4.69, 9.17) is 17.3 Å². The van der Waals surface area contributed by atoms with Gasteiger partial charge in [0.25, 0.3) is 0 Å². The Bertz CT molecular complexity index is 392. The molecule has 5 nitrogen and oxygen atoms in total. The number of carbonyl (C=O) groups excluding carboxylic acids is 1. The molecule has 0 spiro atoms. The van der Waals surface area contributed by atoms with E-state index in [9.17, 15) is 4.79 Å². The van der Waals surface area contributed by atoms with E-state index in [1.165, 1.54) is 13.2 Å². The summed E-state index contributed by atoms with van der Waals surface area (Å²) in [6.45, 7) is 3.49. The van der Waals surface area contributed by atoms with Gasteiger partial charge in [0.1, 0.15) is 5.82 Å². The third-order valence-electron chi connectivity index (χ3n) is 1.53. The number of nitrogen functional groups attached to an aromatic ring is 1. The highest BCUT2D eigenvalue weighted by Crippen LogP contribution is 2.17. The van der Waals surface area contributed by atoms with Crippen molar-refractivity contribution in [2.45, 2.75) is 0 Å². The highest BCUT2D eigenvalue weighted by molar-refractivity contribution is 6.28. The Hall–Kier alpha value is -1.62. The van der Waals surface area contributed by atoms with Crippen LogP contribution in [0.15, 0.2) is 6.58 Å². The van der Waals surface area contributed by atoms with Gasteiger partial charge in [-0.25, -0.2) is 14.8 Å². The lowest BCUT2D eigenvalue weighted by Gasteiger charge is -2.05. The van der Waals surface area contributed by atoms with E-state index < -0.39 is 5.97 Å². The summed E-state index contributed by atoms with van der Waals surface area (Å²) in [6.07, 6.45) is 1.37. The smallest absolute Gasteiger partial charge is 0.357 e. The van der Waals surface area contributed by atoms with E-state index in [1.54, 1.807) is 0 Å². The summed E-state index contributed by atoms with van der Waals surface area (Å²) >= 11 is 5.54. The van der Waals surface area contributed by atoms with Gasteiger partial charge >= 0.3 is 5.97 Å². The number of esters is 1. The molecule has 0 saturated carbocycles. The molecule has 0 aliphatic rings. The van der Waals surface area contributed by atoms with Crippen LogP contribution in [0.4, 0.5) is 5.82 Å². The van der Waals surface area contributed by atoms with Crippen molar-refractivity contribution in [2.75, 3.05) is 12.8 Å². The van der Waals surface area contributed by atoms with Gasteiger partial charge in [0.2, 0.25) is 5.28 Å². The average molecular weight is 214 g/mol. The molecule has 6 heteroatoms.